The van der Waals surface area contributed by atoms with E-state index in [0.29, 0.717) is 25.9 Å². The Morgan fingerprint density at radius 1 is 1.08 bits per heavy atom. The van der Waals surface area contributed by atoms with Crippen LogP contribution in [-0.2, 0) is 16.9 Å². The van der Waals surface area contributed by atoms with E-state index in [4.69, 9.17) is 11.6 Å². The Morgan fingerprint density at radius 2 is 1.72 bits per heavy atom. The summed E-state index contributed by atoms with van der Waals surface area (Å²) in [5.74, 6) is -1.40. The fourth-order valence-corrected chi connectivity index (χ4v) is 5.18. The number of aromatic nitrogens is 1. The van der Waals surface area contributed by atoms with Gasteiger partial charge in [0.15, 0.2) is 9.84 Å². The van der Waals surface area contributed by atoms with Crippen molar-refractivity contribution in [2.45, 2.75) is 23.7 Å². The van der Waals surface area contributed by atoms with Gasteiger partial charge < -0.3 is 14.8 Å². The molecular weight excluding hydrogens is 512 g/mol. The molecular formula is C25H24ClF2N3O4S. The summed E-state index contributed by atoms with van der Waals surface area (Å²) in [5, 5.41) is 2.42. The monoisotopic (exact) mass is 535 g/mol. The van der Waals surface area contributed by atoms with E-state index in [1.54, 1.807) is 17.0 Å². The van der Waals surface area contributed by atoms with Crippen LogP contribution in [0, 0.1) is 11.6 Å². The Labute approximate surface area is 212 Å². The zero-order valence-corrected chi connectivity index (χ0v) is 21.2. The van der Waals surface area contributed by atoms with E-state index < -0.39 is 21.2 Å². The minimum Gasteiger partial charge on any atom is -0.351 e. The molecule has 1 aromatic heterocycles. The van der Waals surface area contributed by atoms with Gasteiger partial charge in [-0.05, 0) is 54.7 Å². The van der Waals surface area contributed by atoms with Gasteiger partial charge in [-0.2, -0.15) is 0 Å². The standard InChI is InChI=1S/C25H24ClF2N3O4S/c1-30-14-19(24(32)31-11-9-16(10-12-31)15-3-5-17(27)6-4-15)23(22(26)25(30)33)29-21-8-7-18(13-20(21)28)36(2,34)35/h3-8,13-14,16,29H,9-12H2,1-2H3. The Morgan fingerprint density at radius 3 is 2.31 bits per heavy atom. The second kappa shape index (κ2) is 10.0. The molecule has 0 saturated carbocycles. The Hall–Kier alpha value is -3.24. The van der Waals surface area contributed by atoms with Gasteiger partial charge in [0.2, 0.25) is 0 Å². The molecule has 2 heterocycles. The normalized spacial score (nSPS) is 14.6. The number of halogens is 3. The van der Waals surface area contributed by atoms with Crippen molar-refractivity contribution in [3.8, 4) is 0 Å². The average Bonchev–Trinajstić information content (AvgIpc) is 2.84. The number of nitrogens with zero attached hydrogens (tertiary/aromatic N) is 2. The summed E-state index contributed by atoms with van der Waals surface area (Å²) in [6.45, 7) is 0.858. The Balaban J connectivity index is 1.61. The molecule has 11 heteroatoms. The average molecular weight is 536 g/mol. The van der Waals surface area contributed by atoms with Gasteiger partial charge in [0.1, 0.15) is 16.7 Å². The van der Waals surface area contributed by atoms with Crippen molar-refractivity contribution in [2.75, 3.05) is 24.7 Å². The minimum absolute atomic E-state index is 0.0589. The molecule has 1 aliphatic heterocycles. The number of carbonyl (C=O) groups is 1. The van der Waals surface area contributed by atoms with Crippen molar-refractivity contribution in [1.29, 1.82) is 0 Å². The van der Waals surface area contributed by atoms with E-state index >= 15 is 0 Å². The zero-order chi connectivity index (χ0) is 26.2. The number of anilines is 2. The number of sulfone groups is 1. The first-order valence-corrected chi connectivity index (χ1v) is 13.4. The van der Waals surface area contributed by atoms with Crippen molar-refractivity contribution < 1.29 is 22.0 Å². The molecule has 1 fully saturated rings. The highest BCUT2D eigenvalue weighted by molar-refractivity contribution is 7.90. The number of nitrogens with one attached hydrogen (secondary N) is 1. The van der Waals surface area contributed by atoms with E-state index in [1.165, 1.54) is 42.1 Å². The first-order valence-electron chi connectivity index (χ1n) is 11.2. The van der Waals surface area contributed by atoms with E-state index in [-0.39, 0.29) is 44.5 Å². The summed E-state index contributed by atoms with van der Waals surface area (Å²) in [6, 6.07) is 9.61. The van der Waals surface area contributed by atoms with E-state index in [2.05, 4.69) is 5.32 Å². The van der Waals surface area contributed by atoms with Crippen LogP contribution >= 0.6 is 11.6 Å². The van der Waals surface area contributed by atoms with E-state index in [9.17, 15) is 26.8 Å². The highest BCUT2D eigenvalue weighted by atomic mass is 35.5. The smallest absolute Gasteiger partial charge is 0.271 e. The summed E-state index contributed by atoms with van der Waals surface area (Å²) >= 11 is 6.29. The van der Waals surface area contributed by atoms with Crippen LogP contribution in [0.3, 0.4) is 0 Å². The number of hydrogen-bond donors (Lipinski definition) is 1. The topological polar surface area (TPSA) is 88.5 Å². The first kappa shape index (κ1) is 25.8. The molecule has 1 aliphatic rings. The SMILES string of the molecule is Cn1cc(C(=O)N2CCC(c3ccc(F)cc3)CC2)c(Nc2ccc(S(C)(=O)=O)cc2F)c(Cl)c1=O. The Kier molecular flexibility index (Phi) is 7.19. The molecule has 1 N–H and O–H groups in total. The third kappa shape index (κ3) is 5.29. The summed E-state index contributed by atoms with van der Waals surface area (Å²) in [6.07, 6.45) is 3.64. The quantitative estimate of drug-likeness (QED) is 0.520. The van der Waals surface area contributed by atoms with Gasteiger partial charge in [0.05, 0.1) is 21.8 Å². The first-order chi connectivity index (χ1) is 17.0. The van der Waals surface area contributed by atoms with Gasteiger partial charge in [-0.1, -0.05) is 23.7 Å². The lowest BCUT2D eigenvalue weighted by Crippen LogP contribution is -2.39. The number of benzene rings is 2. The Bertz CT molecular complexity index is 1480. The molecule has 0 bridgehead atoms. The number of carbonyl (C=O) groups excluding carboxylic acids is 1. The van der Waals surface area contributed by atoms with Crippen molar-refractivity contribution in [3.05, 3.63) is 86.8 Å². The van der Waals surface area contributed by atoms with Crippen LogP contribution in [0.4, 0.5) is 20.2 Å². The summed E-state index contributed by atoms with van der Waals surface area (Å²) in [5.41, 5.74) is 0.301. The zero-order valence-electron chi connectivity index (χ0n) is 19.6. The van der Waals surface area contributed by atoms with Gasteiger partial charge in [-0.25, -0.2) is 17.2 Å². The second-order valence-corrected chi connectivity index (χ2v) is 11.2. The lowest BCUT2D eigenvalue weighted by atomic mass is 9.89. The molecule has 0 aliphatic carbocycles. The lowest BCUT2D eigenvalue weighted by Gasteiger charge is -2.33. The summed E-state index contributed by atoms with van der Waals surface area (Å²) in [7, 11) is -2.17. The van der Waals surface area contributed by atoms with Crippen molar-refractivity contribution in [2.24, 2.45) is 7.05 Å². The molecule has 0 unspecified atom stereocenters. The number of piperidine rings is 1. The summed E-state index contributed by atoms with van der Waals surface area (Å²) in [4.78, 5) is 27.4. The number of pyridine rings is 1. The van der Waals surface area contributed by atoms with Crippen molar-refractivity contribution >= 4 is 38.7 Å². The highest BCUT2D eigenvalue weighted by Gasteiger charge is 2.28. The third-order valence-corrected chi connectivity index (χ3v) is 7.76. The van der Waals surface area contributed by atoms with Crippen molar-refractivity contribution in [3.63, 3.8) is 0 Å². The largest absolute Gasteiger partial charge is 0.351 e. The minimum atomic E-state index is -3.62. The molecule has 0 radical (unpaired) electrons. The highest BCUT2D eigenvalue weighted by Crippen LogP contribution is 2.33. The van der Waals surface area contributed by atoms with Crippen LogP contribution in [0.25, 0.3) is 0 Å². The maximum absolute atomic E-state index is 14.7. The lowest BCUT2D eigenvalue weighted by molar-refractivity contribution is 0.0713. The van der Waals surface area contributed by atoms with Crippen LogP contribution in [0.1, 0.15) is 34.7 Å². The molecule has 0 spiro atoms. The number of amides is 1. The number of aryl methyl sites for hydroxylation is 1. The molecule has 36 heavy (non-hydrogen) atoms. The summed E-state index contributed by atoms with van der Waals surface area (Å²) < 4.78 is 52.6. The molecule has 1 saturated heterocycles. The fourth-order valence-electron chi connectivity index (χ4n) is 4.26. The van der Waals surface area contributed by atoms with Gasteiger partial charge >= 0.3 is 0 Å². The van der Waals surface area contributed by atoms with Crippen LogP contribution in [0.15, 0.2) is 58.4 Å². The van der Waals surface area contributed by atoms with Crippen LogP contribution in [-0.4, -0.2) is 43.1 Å². The van der Waals surface area contributed by atoms with E-state index in [0.717, 1.165) is 17.9 Å². The molecule has 2 aromatic carbocycles. The van der Waals surface area contributed by atoms with Crippen LogP contribution < -0.4 is 10.9 Å². The van der Waals surface area contributed by atoms with Gasteiger partial charge in [0.25, 0.3) is 11.5 Å². The number of hydrogen-bond acceptors (Lipinski definition) is 5. The third-order valence-electron chi connectivity index (χ3n) is 6.30. The van der Waals surface area contributed by atoms with Gasteiger partial charge in [-0.3, -0.25) is 9.59 Å². The molecule has 1 amide bonds. The van der Waals surface area contributed by atoms with Crippen molar-refractivity contribution in [1.82, 2.24) is 9.47 Å². The molecule has 7 nitrogen and oxygen atoms in total. The fraction of sp³-hybridized carbons (Fsp3) is 0.280. The molecule has 190 valence electrons. The van der Waals surface area contributed by atoms with Gasteiger partial charge in [-0.15, -0.1) is 0 Å². The second-order valence-electron chi connectivity index (χ2n) is 8.80. The predicted molar refractivity (Wildman–Crippen MR) is 134 cm³/mol. The van der Waals surface area contributed by atoms with Crippen LogP contribution in [0.5, 0.6) is 0 Å². The predicted octanol–water partition coefficient (Wildman–Crippen LogP) is 4.48. The van der Waals surface area contributed by atoms with E-state index in [1.807, 2.05) is 0 Å². The molecule has 0 atom stereocenters. The maximum Gasteiger partial charge on any atom is 0.271 e. The number of rotatable bonds is 5. The van der Waals surface area contributed by atoms with Gasteiger partial charge in [0, 0.05) is 32.6 Å². The number of likely N-dealkylation sites (tertiary alicyclic amines) is 1. The maximum atomic E-state index is 14.7. The molecule has 3 aromatic rings. The molecule has 4 rings (SSSR count). The van der Waals surface area contributed by atoms with Crippen LogP contribution in [0.2, 0.25) is 5.02 Å².